The standard InChI is InChI=1S/C19H31NO/c1-3-4-7-14-21-18-12-10-17(11-13-18)15-20-19-9-6-5-8-16(19)2/h10-13,16,19-20H,3-9,14-15H2,1-2H3. The summed E-state index contributed by atoms with van der Waals surface area (Å²) >= 11 is 0. The minimum absolute atomic E-state index is 0.698. The molecule has 0 bridgehead atoms. The van der Waals surface area contributed by atoms with Crippen LogP contribution in [0, 0.1) is 5.92 Å². The fourth-order valence-electron chi connectivity index (χ4n) is 3.11. The highest BCUT2D eigenvalue weighted by Crippen LogP contribution is 2.24. The monoisotopic (exact) mass is 289 g/mol. The summed E-state index contributed by atoms with van der Waals surface area (Å²) in [6, 6.07) is 9.29. The second-order valence-electron chi connectivity index (χ2n) is 6.45. The molecule has 0 spiro atoms. The first-order chi connectivity index (χ1) is 10.3. The van der Waals surface area contributed by atoms with Crippen LogP contribution in [0.1, 0.15) is 64.4 Å². The van der Waals surface area contributed by atoms with Crippen molar-refractivity contribution in [1.82, 2.24) is 5.32 Å². The molecule has 1 aromatic rings. The molecule has 0 radical (unpaired) electrons. The highest BCUT2D eigenvalue weighted by atomic mass is 16.5. The largest absolute Gasteiger partial charge is 0.494 e. The second-order valence-corrected chi connectivity index (χ2v) is 6.45. The number of rotatable bonds is 8. The quantitative estimate of drug-likeness (QED) is 0.686. The molecule has 0 aliphatic heterocycles. The van der Waals surface area contributed by atoms with Crippen LogP contribution in [0.4, 0.5) is 0 Å². The number of ether oxygens (including phenoxy) is 1. The average molecular weight is 289 g/mol. The summed E-state index contributed by atoms with van der Waals surface area (Å²) in [7, 11) is 0. The maximum Gasteiger partial charge on any atom is 0.119 e. The van der Waals surface area contributed by atoms with Crippen molar-refractivity contribution in [2.24, 2.45) is 5.92 Å². The Hall–Kier alpha value is -1.02. The van der Waals surface area contributed by atoms with E-state index in [1.807, 2.05) is 0 Å². The summed E-state index contributed by atoms with van der Waals surface area (Å²) in [6.45, 7) is 6.41. The first-order valence-electron chi connectivity index (χ1n) is 8.74. The lowest BCUT2D eigenvalue weighted by Crippen LogP contribution is -2.36. The molecule has 2 heteroatoms. The van der Waals surface area contributed by atoms with Crippen molar-refractivity contribution in [2.75, 3.05) is 6.61 Å². The van der Waals surface area contributed by atoms with Gasteiger partial charge in [-0.1, -0.05) is 51.7 Å². The van der Waals surface area contributed by atoms with Crippen LogP contribution in [0.25, 0.3) is 0 Å². The molecule has 0 aromatic heterocycles. The number of benzene rings is 1. The molecule has 0 amide bonds. The highest BCUT2D eigenvalue weighted by molar-refractivity contribution is 5.27. The molecule has 2 rings (SSSR count). The molecule has 2 nitrogen and oxygen atoms in total. The van der Waals surface area contributed by atoms with Gasteiger partial charge in [0.1, 0.15) is 5.75 Å². The summed E-state index contributed by atoms with van der Waals surface area (Å²) in [6.07, 6.45) is 9.15. The van der Waals surface area contributed by atoms with Crippen molar-refractivity contribution in [3.8, 4) is 5.75 Å². The summed E-state index contributed by atoms with van der Waals surface area (Å²) in [5.74, 6) is 1.82. The number of hydrogen-bond donors (Lipinski definition) is 1. The lowest BCUT2D eigenvalue weighted by atomic mass is 9.86. The molecule has 21 heavy (non-hydrogen) atoms. The van der Waals surface area contributed by atoms with Gasteiger partial charge < -0.3 is 10.1 Å². The van der Waals surface area contributed by atoms with Gasteiger partial charge in [0.15, 0.2) is 0 Å². The Labute approximate surface area is 130 Å². The fraction of sp³-hybridized carbons (Fsp3) is 0.684. The molecular formula is C19H31NO. The molecule has 0 saturated heterocycles. The molecule has 1 aliphatic rings. The van der Waals surface area contributed by atoms with Gasteiger partial charge in [-0.25, -0.2) is 0 Å². The summed E-state index contributed by atoms with van der Waals surface area (Å²) in [5, 5.41) is 3.73. The van der Waals surface area contributed by atoms with Crippen LogP contribution in [-0.2, 0) is 6.54 Å². The van der Waals surface area contributed by atoms with E-state index in [0.29, 0.717) is 6.04 Å². The third-order valence-electron chi connectivity index (χ3n) is 4.62. The van der Waals surface area contributed by atoms with Crippen molar-refractivity contribution in [2.45, 2.75) is 71.4 Å². The summed E-state index contributed by atoms with van der Waals surface area (Å²) in [4.78, 5) is 0. The van der Waals surface area contributed by atoms with Crippen LogP contribution in [0.3, 0.4) is 0 Å². The van der Waals surface area contributed by atoms with Gasteiger partial charge in [0.25, 0.3) is 0 Å². The van der Waals surface area contributed by atoms with E-state index in [2.05, 4.69) is 43.4 Å². The maximum atomic E-state index is 5.75. The Morgan fingerprint density at radius 1 is 1.10 bits per heavy atom. The van der Waals surface area contributed by atoms with E-state index in [-0.39, 0.29) is 0 Å². The van der Waals surface area contributed by atoms with Gasteiger partial charge in [-0.15, -0.1) is 0 Å². The third kappa shape index (κ3) is 5.70. The van der Waals surface area contributed by atoms with Crippen LogP contribution < -0.4 is 10.1 Å². The fourth-order valence-corrected chi connectivity index (χ4v) is 3.11. The lowest BCUT2D eigenvalue weighted by molar-refractivity contribution is 0.279. The molecule has 2 unspecified atom stereocenters. The van der Waals surface area contributed by atoms with E-state index in [0.717, 1.165) is 31.2 Å². The van der Waals surface area contributed by atoms with Gasteiger partial charge in [0, 0.05) is 12.6 Å². The number of hydrogen-bond acceptors (Lipinski definition) is 2. The predicted octanol–water partition coefficient (Wildman–Crippen LogP) is 4.92. The van der Waals surface area contributed by atoms with Crippen LogP contribution in [-0.4, -0.2) is 12.6 Å². The van der Waals surface area contributed by atoms with Crippen molar-refractivity contribution >= 4 is 0 Å². The number of unbranched alkanes of at least 4 members (excludes halogenated alkanes) is 2. The average Bonchev–Trinajstić information content (AvgIpc) is 2.52. The van der Waals surface area contributed by atoms with Crippen LogP contribution >= 0.6 is 0 Å². The van der Waals surface area contributed by atoms with E-state index in [1.165, 1.54) is 44.1 Å². The first-order valence-corrected chi connectivity index (χ1v) is 8.74. The van der Waals surface area contributed by atoms with Gasteiger partial charge in [0.05, 0.1) is 6.61 Å². The topological polar surface area (TPSA) is 21.3 Å². The van der Waals surface area contributed by atoms with Gasteiger partial charge in [-0.3, -0.25) is 0 Å². The Morgan fingerprint density at radius 2 is 1.86 bits per heavy atom. The Morgan fingerprint density at radius 3 is 2.57 bits per heavy atom. The Balaban J connectivity index is 1.71. The molecule has 0 heterocycles. The minimum Gasteiger partial charge on any atom is -0.494 e. The summed E-state index contributed by atoms with van der Waals surface area (Å²) in [5.41, 5.74) is 1.36. The number of nitrogens with one attached hydrogen (secondary N) is 1. The van der Waals surface area contributed by atoms with Gasteiger partial charge in [-0.05, 0) is 42.9 Å². The maximum absolute atomic E-state index is 5.75. The van der Waals surface area contributed by atoms with E-state index >= 15 is 0 Å². The molecule has 2 atom stereocenters. The van der Waals surface area contributed by atoms with Crippen molar-refractivity contribution in [3.05, 3.63) is 29.8 Å². The SMILES string of the molecule is CCCCCOc1ccc(CNC2CCCCC2C)cc1. The molecule has 118 valence electrons. The van der Waals surface area contributed by atoms with Crippen LogP contribution in [0.2, 0.25) is 0 Å². The van der Waals surface area contributed by atoms with Gasteiger partial charge >= 0.3 is 0 Å². The smallest absolute Gasteiger partial charge is 0.119 e. The van der Waals surface area contributed by atoms with E-state index in [4.69, 9.17) is 4.74 Å². The van der Waals surface area contributed by atoms with Crippen molar-refractivity contribution in [1.29, 1.82) is 0 Å². The lowest BCUT2D eigenvalue weighted by Gasteiger charge is -2.29. The van der Waals surface area contributed by atoms with Crippen molar-refractivity contribution < 1.29 is 4.74 Å². The molecule has 1 fully saturated rings. The van der Waals surface area contributed by atoms with E-state index in [1.54, 1.807) is 0 Å². The second kappa shape index (κ2) is 9.09. The highest BCUT2D eigenvalue weighted by Gasteiger charge is 2.20. The van der Waals surface area contributed by atoms with Gasteiger partial charge in [-0.2, -0.15) is 0 Å². The van der Waals surface area contributed by atoms with E-state index in [9.17, 15) is 0 Å². The Bertz CT molecular complexity index is 387. The predicted molar refractivity (Wildman–Crippen MR) is 89.7 cm³/mol. The molecule has 1 aliphatic carbocycles. The van der Waals surface area contributed by atoms with Crippen LogP contribution in [0.5, 0.6) is 5.75 Å². The van der Waals surface area contributed by atoms with Crippen molar-refractivity contribution in [3.63, 3.8) is 0 Å². The zero-order chi connectivity index (χ0) is 14.9. The molecular weight excluding hydrogens is 258 g/mol. The normalized spacial score (nSPS) is 22.2. The zero-order valence-corrected chi connectivity index (χ0v) is 13.7. The minimum atomic E-state index is 0.698. The van der Waals surface area contributed by atoms with E-state index < -0.39 is 0 Å². The molecule has 1 N–H and O–H groups in total. The molecule has 1 aromatic carbocycles. The first kappa shape index (κ1) is 16.4. The Kier molecular flexibility index (Phi) is 7.08. The zero-order valence-electron chi connectivity index (χ0n) is 13.7. The van der Waals surface area contributed by atoms with Gasteiger partial charge in [0.2, 0.25) is 0 Å². The third-order valence-corrected chi connectivity index (χ3v) is 4.62. The molecule has 1 saturated carbocycles. The van der Waals surface area contributed by atoms with Crippen LogP contribution in [0.15, 0.2) is 24.3 Å². The summed E-state index contributed by atoms with van der Waals surface area (Å²) < 4.78 is 5.75.